The van der Waals surface area contributed by atoms with Gasteiger partial charge in [-0.3, -0.25) is 9.89 Å². The third-order valence-corrected chi connectivity index (χ3v) is 4.98. The highest BCUT2D eigenvalue weighted by Gasteiger charge is 2.17. The number of aromatic amines is 1. The molecule has 0 fully saturated rings. The summed E-state index contributed by atoms with van der Waals surface area (Å²) in [7, 11) is 0. The molecule has 4 rings (SSSR count). The van der Waals surface area contributed by atoms with Gasteiger partial charge >= 0.3 is 5.97 Å². The number of ether oxygens (including phenoxy) is 1. The van der Waals surface area contributed by atoms with Gasteiger partial charge in [-0.1, -0.05) is 36.4 Å². The third-order valence-electron chi connectivity index (χ3n) is 4.98. The number of carbonyl (C=O) groups is 2. The highest BCUT2D eigenvalue weighted by Crippen LogP contribution is 2.28. The summed E-state index contributed by atoms with van der Waals surface area (Å²) in [5, 5.41) is 10.2. The second-order valence-electron chi connectivity index (χ2n) is 7.59. The number of hydrogen-bond donors (Lipinski definition) is 2. The normalized spacial score (nSPS) is 10.8. The average molecular weight is 428 g/mol. The molecule has 1 amide bonds. The first-order valence-corrected chi connectivity index (χ1v) is 10.4. The molecule has 1 aromatic heterocycles. The molecule has 0 aliphatic carbocycles. The Bertz CT molecular complexity index is 1220. The van der Waals surface area contributed by atoms with E-state index >= 15 is 0 Å². The number of aromatic nitrogens is 2. The number of rotatable bonds is 7. The van der Waals surface area contributed by atoms with Gasteiger partial charge in [0, 0.05) is 28.5 Å². The van der Waals surface area contributed by atoms with Crippen molar-refractivity contribution in [2.24, 2.45) is 0 Å². The van der Waals surface area contributed by atoms with Crippen LogP contribution in [0.25, 0.3) is 10.9 Å². The van der Waals surface area contributed by atoms with E-state index in [1.54, 1.807) is 6.07 Å². The largest absolute Gasteiger partial charge is 0.451 e. The molecule has 0 spiro atoms. The molecular weight excluding hydrogens is 404 g/mol. The molecule has 3 aromatic carbocycles. The molecular formula is C25H24N4O3. The van der Waals surface area contributed by atoms with Crippen LogP contribution in [0.3, 0.4) is 0 Å². The summed E-state index contributed by atoms with van der Waals surface area (Å²) in [6, 6.07) is 25.2. The van der Waals surface area contributed by atoms with E-state index in [0.717, 1.165) is 16.9 Å². The molecule has 0 bridgehead atoms. The van der Waals surface area contributed by atoms with Crippen molar-refractivity contribution >= 4 is 39.8 Å². The Kier molecular flexibility index (Phi) is 6.17. The summed E-state index contributed by atoms with van der Waals surface area (Å²) in [5.74, 6) is -1.07. The Balaban J connectivity index is 1.37. The van der Waals surface area contributed by atoms with Gasteiger partial charge in [0.15, 0.2) is 12.3 Å². The molecule has 2 N–H and O–H groups in total. The van der Waals surface area contributed by atoms with Crippen LogP contribution in [-0.4, -0.2) is 34.7 Å². The fourth-order valence-corrected chi connectivity index (χ4v) is 3.55. The number of H-pyrrole nitrogens is 1. The van der Waals surface area contributed by atoms with Gasteiger partial charge < -0.3 is 15.0 Å². The number of anilines is 3. The first-order valence-electron chi connectivity index (χ1n) is 10.4. The van der Waals surface area contributed by atoms with Crippen molar-refractivity contribution in [3.63, 3.8) is 0 Å². The summed E-state index contributed by atoms with van der Waals surface area (Å²) >= 11 is 0. The van der Waals surface area contributed by atoms with E-state index in [-0.39, 0.29) is 11.7 Å². The molecule has 4 aromatic rings. The van der Waals surface area contributed by atoms with Crippen molar-refractivity contribution in [2.45, 2.75) is 19.9 Å². The Hall–Kier alpha value is -4.13. The van der Waals surface area contributed by atoms with Gasteiger partial charge in [-0.05, 0) is 56.3 Å². The molecule has 0 saturated carbocycles. The third kappa shape index (κ3) is 4.62. The van der Waals surface area contributed by atoms with Crippen LogP contribution in [0.4, 0.5) is 17.1 Å². The van der Waals surface area contributed by atoms with Crippen molar-refractivity contribution in [1.82, 2.24) is 10.2 Å². The Morgan fingerprint density at radius 3 is 2.31 bits per heavy atom. The minimum atomic E-state index is -0.650. The summed E-state index contributed by atoms with van der Waals surface area (Å²) in [4.78, 5) is 26.8. The van der Waals surface area contributed by atoms with E-state index in [1.165, 1.54) is 0 Å². The predicted molar refractivity (Wildman–Crippen MR) is 125 cm³/mol. The maximum absolute atomic E-state index is 12.3. The van der Waals surface area contributed by atoms with Gasteiger partial charge in [0.05, 0.1) is 5.52 Å². The average Bonchev–Trinajstić information content (AvgIpc) is 3.24. The highest BCUT2D eigenvalue weighted by atomic mass is 16.5. The predicted octanol–water partition coefficient (Wildman–Crippen LogP) is 4.90. The fourth-order valence-electron chi connectivity index (χ4n) is 3.55. The van der Waals surface area contributed by atoms with Gasteiger partial charge in [-0.15, -0.1) is 0 Å². The van der Waals surface area contributed by atoms with Gasteiger partial charge in [0.25, 0.3) is 5.91 Å². The Morgan fingerprint density at radius 2 is 1.59 bits per heavy atom. The number of benzene rings is 3. The highest BCUT2D eigenvalue weighted by molar-refractivity contribution is 6.03. The molecule has 32 heavy (non-hydrogen) atoms. The fraction of sp³-hybridized carbons (Fsp3) is 0.160. The number of nitrogens with zero attached hydrogens (tertiary/aromatic N) is 2. The lowest BCUT2D eigenvalue weighted by atomic mass is 10.2. The monoisotopic (exact) mass is 428 g/mol. The molecule has 0 unspecified atom stereocenters. The minimum Gasteiger partial charge on any atom is -0.451 e. The van der Waals surface area contributed by atoms with E-state index in [1.807, 2.05) is 60.7 Å². The molecule has 0 atom stereocenters. The van der Waals surface area contributed by atoms with Gasteiger partial charge in [-0.25, -0.2) is 4.79 Å². The first kappa shape index (κ1) is 21.1. The first-order chi connectivity index (χ1) is 15.5. The number of hydrogen-bond acceptors (Lipinski definition) is 5. The van der Waals surface area contributed by atoms with Crippen LogP contribution in [0.15, 0.2) is 78.9 Å². The quantitative estimate of drug-likeness (QED) is 0.409. The van der Waals surface area contributed by atoms with Crippen LogP contribution < -0.4 is 10.2 Å². The van der Waals surface area contributed by atoms with E-state index in [4.69, 9.17) is 4.74 Å². The number of esters is 1. The minimum absolute atomic E-state index is 0.160. The molecule has 0 saturated heterocycles. The van der Waals surface area contributed by atoms with Crippen LogP contribution in [0.1, 0.15) is 24.3 Å². The molecule has 1 heterocycles. The van der Waals surface area contributed by atoms with E-state index in [2.05, 4.69) is 46.4 Å². The molecule has 0 aliphatic heterocycles. The van der Waals surface area contributed by atoms with E-state index < -0.39 is 18.5 Å². The summed E-state index contributed by atoms with van der Waals surface area (Å²) in [5.41, 5.74) is 3.62. The second-order valence-corrected chi connectivity index (χ2v) is 7.59. The van der Waals surface area contributed by atoms with Crippen LogP contribution in [0, 0.1) is 0 Å². The lowest BCUT2D eigenvalue weighted by Gasteiger charge is -2.29. The zero-order valence-electron chi connectivity index (χ0n) is 17.9. The number of para-hydroxylation sites is 2. The van der Waals surface area contributed by atoms with Crippen molar-refractivity contribution in [1.29, 1.82) is 0 Å². The standard InChI is InChI=1S/C25H24N4O3/c1-17(2)29(19-8-4-3-5-9-19)20-14-12-18(13-15-20)26-23(30)16-32-25(31)24-21-10-6-7-11-22(21)27-28-24/h3-15,17H,16H2,1-2H3,(H,26,30)(H,27,28). The Morgan fingerprint density at radius 1 is 0.938 bits per heavy atom. The van der Waals surface area contributed by atoms with Crippen molar-refractivity contribution in [3.05, 3.63) is 84.6 Å². The van der Waals surface area contributed by atoms with Crippen LogP contribution in [0.2, 0.25) is 0 Å². The van der Waals surface area contributed by atoms with E-state index in [0.29, 0.717) is 11.1 Å². The number of amides is 1. The van der Waals surface area contributed by atoms with E-state index in [9.17, 15) is 9.59 Å². The van der Waals surface area contributed by atoms with Crippen LogP contribution >= 0.6 is 0 Å². The Labute approximate surface area is 186 Å². The lowest BCUT2D eigenvalue weighted by molar-refractivity contribution is -0.119. The van der Waals surface area contributed by atoms with Crippen LogP contribution in [-0.2, 0) is 9.53 Å². The number of nitrogens with one attached hydrogen (secondary N) is 2. The van der Waals surface area contributed by atoms with Gasteiger partial charge in [0.2, 0.25) is 0 Å². The SMILES string of the molecule is CC(C)N(c1ccccc1)c1ccc(NC(=O)COC(=O)c2n[nH]c3ccccc23)cc1. The topological polar surface area (TPSA) is 87.3 Å². The zero-order valence-corrected chi connectivity index (χ0v) is 17.9. The van der Waals surface area contributed by atoms with Gasteiger partial charge in [0.1, 0.15) is 0 Å². The zero-order chi connectivity index (χ0) is 22.5. The molecule has 0 aliphatic rings. The molecule has 0 radical (unpaired) electrons. The van der Waals surface area contributed by atoms with Crippen molar-refractivity contribution in [2.75, 3.05) is 16.8 Å². The second kappa shape index (κ2) is 9.34. The summed E-state index contributed by atoms with van der Waals surface area (Å²) in [6.07, 6.45) is 0. The van der Waals surface area contributed by atoms with Crippen molar-refractivity contribution in [3.8, 4) is 0 Å². The molecule has 7 nitrogen and oxygen atoms in total. The number of carbonyl (C=O) groups excluding carboxylic acids is 2. The lowest BCUT2D eigenvalue weighted by Crippen LogP contribution is -2.25. The molecule has 7 heteroatoms. The maximum Gasteiger partial charge on any atom is 0.359 e. The summed E-state index contributed by atoms with van der Waals surface area (Å²) < 4.78 is 5.14. The smallest absolute Gasteiger partial charge is 0.359 e. The molecule has 162 valence electrons. The van der Waals surface area contributed by atoms with Crippen LogP contribution in [0.5, 0.6) is 0 Å². The summed E-state index contributed by atoms with van der Waals surface area (Å²) in [6.45, 7) is 3.85. The van der Waals surface area contributed by atoms with Crippen molar-refractivity contribution < 1.29 is 14.3 Å². The van der Waals surface area contributed by atoms with Gasteiger partial charge in [-0.2, -0.15) is 5.10 Å². The maximum atomic E-state index is 12.3. The number of fused-ring (bicyclic) bond motifs is 1.